The topological polar surface area (TPSA) is 0 Å². The molecule has 0 spiro atoms. The summed E-state index contributed by atoms with van der Waals surface area (Å²) >= 11 is 0. The maximum absolute atomic E-state index is 3.07. The van der Waals surface area contributed by atoms with E-state index in [0.29, 0.717) is 5.66 Å². The summed E-state index contributed by atoms with van der Waals surface area (Å²) in [5, 5.41) is 0. The van der Waals surface area contributed by atoms with Crippen molar-refractivity contribution in [3.05, 3.63) is 35.4 Å². The summed E-state index contributed by atoms with van der Waals surface area (Å²) in [6.07, 6.45) is 14.0. The van der Waals surface area contributed by atoms with Crippen molar-refractivity contribution in [3.8, 4) is 0 Å². The van der Waals surface area contributed by atoms with E-state index in [1.54, 1.807) is 0 Å². The van der Waals surface area contributed by atoms with Crippen LogP contribution in [0.5, 0.6) is 0 Å². The molecule has 0 nitrogen and oxygen atoms in total. The highest BCUT2D eigenvalue weighted by molar-refractivity contribution is 7.17. The summed E-state index contributed by atoms with van der Waals surface area (Å²) in [5.41, 5.74) is 3.66. The Kier molecular flexibility index (Phi) is 7.08. The molecule has 1 aromatic rings. The molecule has 1 aromatic carbocycles. The van der Waals surface area contributed by atoms with E-state index in [1.165, 1.54) is 75.3 Å². The fourth-order valence-corrected chi connectivity index (χ4v) is 3.78. The molecule has 0 aromatic heterocycles. The molecule has 0 N–H and O–H groups in total. The summed E-state index contributed by atoms with van der Waals surface area (Å²) in [7, 11) is 3.07. The Morgan fingerprint density at radius 3 is 2.45 bits per heavy atom. The molecular formula is C19H31P. The van der Waals surface area contributed by atoms with Gasteiger partial charge in [-0.25, -0.2) is 0 Å². The molecule has 2 unspecified atom stereocenters. The number of benzene rings is 1. The van der Waals surface area contributed by atoms with Crippen LogP contribution in [0, 0.1) is 5.92 Å². The third-order valence-electron chi connectivity index (χ3n) is 4.84. The zero-order valence-electron chi connectivity index (χ0n) is 13.1. The molecule has 1 fully saturated rings. The summed E-state index contributed by atoms with van der Waals surface area (Å²) < 4.78 is 0. The van der Waals surface area contributed by atoms with Crippen LogP contribution < -0.4 is 0 Å². The second-order valence-electron chi connectivity index (χ2n) is 6.53. The van der Waals surface area contributed by atoms with E-state index >= 15 is 0 Å². The third-order valence-corrected chi connectivity index (χ3v) is 5.56. The average molecular weight is 290 g/mol. The highest BCUT2D eigenvalue weighted by Gasteiger charge is 2.15. The zero-order chi connectivity index (χ0) is 14.2. The normalized spacial score (nSPS) is 18.1. The van der Waals surface area contributed by atoms with Crippen LogP contribution in [0.15, 0.2) is 24.3 Å². The maximum Gasteiger partial charge on any atom is -0.00145 e. The van der Waals surface area contributed by atoms with Crippen molar-refractivity contribution in [2.75, 3.05) is 0 Å². The average Bonchev–Trinajstić information content (AvgIpc) is 2.52. The lowest BCUT2D eigenvalue weighted by molar-refractivity contribution is 0.332. The maximum atomic E-state index is 3.07. The van der Waals surface area contributed by atoms with Gasteiger partial charge in [-0.05, 0) is 48.4 Å². The van der Waals surface area contributed by atoms with Crippen LogP contribution in [0.25, 0.3) is 0 Å². The van der Waals surface area contributed by atoms with Gasteiger partial charge in [0.1, 0.15) is 0 Å². The van der Waals surface area contributed by atoms with Crippen LogP contribution in [0.3, 0.4) is 0 Å². The van der Waals surface area contributed by atoms with Crippen LogP contribution >= 0.6 is 9.24 Å². The molecule has 112 valence electrons. The molecule has 1 aliphatic carbocycles. The summed E-state index contributed by atoms with van der Waals surface area (Å²) in [6, 6.07) is 9.37. The van der Waals surface area contributed by atoms with Gasteiger partial charge in [0.2, 0.25) is 0 Å². The number of hydrogen-bond acceptors (Lipinski definition) is 0. The molecule has 0 radical (unpaired) electrons. The first kappa shape index (κ1) is 16.0. The Morgan fingerprint density at radius 1 is 1.10 bits per heavy atom. The van der Waals surface area contributed by atoms with Crippen LogP contribution in [-0.2, 0) is 6.42 Å². The van der Waals surface area contributed by atoms with Gasteiger partial charge in [-0.2, -0.15) is 0 Å². The lowest BCUT2D eigenvalue weighted by Gasteiger charge is -2.23. The molecule has 2 atom stereocenters. The minimum Gasteiger partial charge on any atom is -0.130 e. The second kappa shape index (κ2) is 8.83. The van der Waals surface area contributed by atoms with Crippen molar-refractivity contribution >= 4 is 9.24 Å². The quantitative estimate of drug-likeness (QED) is 0.516. The Hall–Kier alpha value is -0.350. The van der Waals surface area contributed by atoms with Gasteiger partial charge < -0.3 is 0 Å². The largest absolute Gasteiger partial charge is 0.130 e. The monoisotopic (exact) mass is 290 g/mol. The van der Waals surface area contributed by atoms with E-state index in [1.807, 2.05) is 0 Å². The van der Waals surface area contributed by atoms with Gasteiger partial charge in [0.05, 0.1) is 0 Å². The molecule has 1 aliphatic rings. The first-order chi connectivity index (χ1) is 9.79. The molecule has 0 amide bonds. The van der Waals surface area contributed by atoms with Crippen molar-refractivity contribution in [3.63, 3.8) is 0 Å². The fourth-order valence-electron chi connectivity index (χ4n) is 3.37. The lowest BCUT2D eigenvalue weighted by atomic mass is 9.85. The van der Waals surface area contributed by atoms with Gasteiger partial charge in [0.15, 0.2) is 0 Å². The van der Waals surface area contributed by atoms with E-state index in [0.717, 1.165) is 5.92 Å². The minimum absolute atomic E-state index is 0.650. The highest BCUT2D eigenvalue weighted by atomic mass is 31.0. The first-order valence-corrected chi connectivity index (χ1v) is 9.30. The van der Waals surface area contributed by atoms with Gasteiger partial charge in [-0.1, -0.05) is 69.7 Å². The smallest absolute Gasteiger partial charge is 0.00145 e. The van der Waals surface area contributed by atoms with Crippen molar-refractivity contribution < 1.29 is 0 Å². The van der Waals surface area contributed by atoms with Crippen LogP contribution in [0.1, 0.15) is 81.5 Å². The number of rotatable bonds is 7. The zero-order valence-corrected chi connectivity index (χ0v) is 14.3. The van der Waals surface area contributed by atoms with Crippen molar-refractivity contribution in [2.24, 2.45) is 5.92 Å². The predicted octanol–water partition coefficient (Wildman–Crippen LogP) is 6.31. The van der Waals surface area contributed by atoms with Gasteiger partial charge in [-0.15, -0.1) is 9.24 Å². The van der Waals surface area contributed by atoms with Crippen molar-refractivity contribution in [2.45, 2.75) is 76.8 Å². The Bertz CT molecular complexity index is 362. The summed E-state index contributed by atoms with van der Waals surface area (Å²) in [5.74, 6) is 1.01. The van der Waals surface area contributed by atoms with E-state index < -0.39 is 0 Å². The van der Waals surface area contributed by atoms with Gasteiger partial charge in [0, 0.05) is 0 Å². The second-order valence-corrected chi connectivity index (χ2v) is 7.34. The Labute approximate surface area is 127 Å². The minimum atomic E-state index is 0.650. The Morgan fingerprint density at radius 2 is 1.80 bits per heavy atom. The molecule has 1 heteroatoms. The van der Waals surface area contributed by atoms with E-state index in [-0.39, 0.29) is 0 Å². The van der Waals surface area contributed by atoms with E-state index in [9.17, 15) is 0 Å². The standard InChI is InChI=1S/C19H31P/c1-2-3-7-17-10-13-18(14-11-17)19(20)15-12-16-8-5-4-6-9-16/h10-11,13-14,16,19H,2-9,12,15,20H2,1H3. The Balaban J connectivity index is 1.77. The lowest BCUT2D eigenvalue weighted by Crippen LogP contribution is -2.07. The van der Waals surface area contributed by atoms with Gasteiger partial charge in [-0.3, -0.25) is 0 Å². The first-order valence-electron chi connectivity index (χ1n) is 8.64. The van der Waals surface area contributed by atoms with Crippen molar-refractivity contribution in [1.29, 1.82) is 0 Å². The SMILES string of the molecule is CCCCc1ccc(C(P)CCC2CCCCC2)cc1. The third kappa shape index (κ3) is 5.21. The van der Waals surface area contributed by atoms with Crippen LogP contribution in [0.2, 0.25) is 0 Å². The summed E-state index contributed by atoms with van der Waals surface area (Å²) in [4.78, 5) is 0. The summed E-state index contributed by atoms with van der Waals surface area (Å²) in [6.45, 7) is 2.26. The molecule has 20 heavy (non-hydrogen) atoms. The predicted molar refractivity (Wildman–Crippen MR) is 93.3 cm³/mol. The molecule has 0 saturated heterocycles. The van der Waals surface area contributed by atoms with E-state index in [2.05, 4.69) is 40.4 Å². The molecule has 2 rings (SSSR count). The molecule has 0 heterocycles. The molecular weight excluding hydrogens is 259 g/mol. The molecule has 1 saturated carbocycles. The van der Waals surface area contributed by atoms with Crippen molar-refractivity contribution in [1.82, 2.24) is 0 Å². The number of aryl methyl sites for hydroxylation is 1. The van der Waals surface area contributed by atoms with Crippen LogP contribution in [-0.4, -0.2) is 0 Å². The highest BCUT2D eigenvalue weighted by Crippen LogP contribution is 2.34. The number of hydrogen-bond donors (Lipinski definition) is 0. The molecule has 0 aliphatic heterocycles. The fraction of sp³-hybridized carbons (Fsp3) is 0.684. The van der Waals surface area contributed by atoms with Crippen LogP contribution in [0.4, 0.5) is 0 Å². The van der Waals surface area contributed by atoms with E-state index in [4.69, 9.17) is 0 Å². The van der Waals surface area contributed by atoms with Gasteiger partial charge in [0.25, 0.3) is 0 Å². The number of unbranched alkanes of at least 4 members (excludes halogenated alkanes) is 1. The van der Waals surface area contributed by atoms with Gasteiger partial charge >= 0.3 is 0 Å². The molecule has 0 bridgehead atoms.